The Bertz CT molecular complexity index is 801. The third kappa shape index (κ3) is 3.95. The molecule has 8 nitrogen and oxygen atoms in total. The smallest absolute Gasteiger partial charge is 0.274 e. The van der Waals surface area contributed by atoms with Gasteiger partial charge in [-0.05, 0) is 12.5 Å². The topological polar surface area (TPSA) is 107 Å². The molecule has 140 valence electrons. The van der Waals surface area contributed by atoms with E-state index >= 15 is 0 Å². The SMILES string of the molecule is CC(=O)NCc1cnc([C@@H]2CCN(C(=O)c3cc(C(C)(C)C)[nH]n3)C2)[nH]1. The van der Waals surface area contributed by atoms with Gasteiger partial charge in [-0.3, -0.25) is 14.7 Å². The second-order valence-corrected chi connectivity index (χ2v) is 7.86. The highest BCUT2D eigenvalue weighted by Gasteiger charge is 2.31. The zero-order valence-electron chi connectivity index (χ0n) is 15.7. The van der Waals surface area contributed by atoms with Crippen LogP contribution in [0.15, 0.2) is 12.3 Å². The van der Waals surface area contributed by atoms with E-state index in [0.29, 0.717) is 25.3 Å². The van der Waals surface area contributed by atoms with Gasteiger partial charge in [-0.1, -0.05) is 20.8 Å². The molecule has 0 aromatic carbocycles. The van der Waals surface area contributed by atoms with Gasteiger partial charge in [-0.2, -0.15) is 5.10 Å². The van der Waals surface area contributed by atoms with Crippen LogP contribution in [0.4, 0.5) is 0 Å². The minimum absolute atomic E-state index is 0.0516. The van der Waals surface area contributed by atoms with Crippen LogP contribution in [0, 0.1) is 0 Å². The summed E-state index contributed by atoms with van der Waals surface area (Å²) in [5.74, 6) is 0.904. The summed E-state index contributed by atoms with van der Waals surface area (Å²) in [4.78, 5) is 33.2. The van der Waals surface area contributed by atoms with Crippen LogP contribution < -0.4 is 5.32 Å². The first-order valence-corrected chi connectivity index (χ1v) is 8.87. The number of hydrogen-bond acceptors (Lipinski definition) is 4. The van der Waals surface area contributed by atoms with Gasteiger partial charge in [0.25, 0.3) is 5.91 Å². The van der Waals surface area contributed by atoms with E-state index in [9.17, 15) is 9.59 Å². The quantitative estimate of drug-likeness (QED) is 0.773. The Kier molecular flexibility index (Phi) is 4.84. The summed E-state index contributed by atoms with van der Waals surface area (Å²) < 4.78 is 0. The normalized spacial score (nSPS) is 17.5. The van der Waals surface area contributed by atoms with Gasteiger partial charge in [-0.25, -0.2) is 4.98 Å². The molecule has 1 fully saturated rings. The highest BCUT2D eigenvalue weighted by Crippen LogP contribution is 2.27. The van der Waals surface area contributed by atoms with E-state index in [1.54, 1.807) is 6.20 Å². The number of rotatable bonds is 4. The Hall–Kier alpha value is -2.64. The lowest BCUT2D eigenvalue weighted by atomic mass is 9.92. The second kappa shape index (κ2) is 6.93. The van der Waals surface area contributed by atoms with E-state index in [2.05, 4.69) is 46.3 Å². The van der Waals surface area contributed by atoms with Crippen LogP contribution in [0.1, 0.15) is 67.7 Å². The number of carbonyl (C=O) groups is 2. The number of imidazole rings is 1. The number of carbonyl (C=O) groups excluding carboxylic acids is 2. The summed E-state index contributed by atoms with van der Waals surface area (Å²) in [5, 5.41) is 9.90. The third-order valence-corrected chi connectivity index (χ3v) is 4.64. The van der Waals surface area contributed by atoms with Crippen molar-refractivity contribution in [2.75, 3.05) is 13.1 Å². The van der Waals surface area contributed by atoms with Gasteiger partial charge in [0.2, 0.25) is 5.91 Å². The average molecular weight is 358 g/mol. The van der Waals surface area contributed by atoms with Gasteiger partial charge in [0.15, 0.2) is 0 Å². The molecule has 2 aromatic rings. The van der Waals surface area contributed by atoms with Crippen molar-refractivity contribution in [3.05, 3.63) is 35.2 Å². The Morgan fingerprint density at radius 1 is 1.38 bits per heavy atom. The fraction of sp³-hybridized carbons (Fsp3) is 0.556. The van der Waals surface area contributed by atoms with Crippen LogP contribution in [-0.4, -0.2) is 50.0 Å². The summed E-state index contributed by atoms with van der Waals surface area (Å²) in [6, 6.07) is 1.84. The molecule has 0 saturated carbocycles. The predicted octanol–water partition coefficient (Wildman–Crippen LogP) is 1.70. The molecule has 0 aliphatic carbocycles. The molecule has 0 spiro atoms. The Balaban J connectivity index is 1.62. The molecule has 1 atom stereocenters. The first-order chi connectivity index (χ1) is 12.2. The maximum atomic E-state index is 12.7. The third-order valence-electron chi connectivity index (χ3n) is 4.64. The van der Waals surface area contributed by atoms with Gasteiger partial charge < -0.3 is 15.2 Å². The van der Waals surface area contributed by atoms with Crippen molar-refractivity contribution in [2.45, 2.75) is 52.0 Å². The molecular formula is C18H26N6O2. The highest BCUT2D eigenvalue weighted by atomic mass is 16.2. The molecule has 1 aliphatic heterocycles. The van der Waals surface area contributed by atoms with Crippen molar-refractivity contribution in [2.24, 2.45) is 0 Å². The molecule has 8 heteroatoms. The van der Waals surface area contributed by atoms with Crippen molar-refractivity contribution in [3.63, 3.8) is 0 Å². The first kappa shape index (κ1) is 18.2. The predicted molar refractivity (Wildman–Crippen MR) is 96.7 cm³/mol. The molecule has 3 rings (SSSR count). The lowest BCUT2D eigenvalue weighted by Crippen LogP contribution is -2.28. The summed E-state index contributed by atoms with van der Waals surface area (Å²) >= 11 is 0. The number of H-pyrrole nitrogens is 2. The van der Waals surface area contributed by atoms with Gasteiger partial charge in [-0.15, -0.1) is 0 Å². The first-order valence-electron chi connectivity index (χ1n) is 8.87. The zero-order valence-corrected chi connectivity index (χ0v) is 15.7. The van der Waals surface area contributed by atoms with Gasteiger partial charge in [0, 0.05) is 37.0 Å². The minimum Gasteiger partial charge on any atom is -0.351 e. The van der Waals surface area contributed by atoms with E-state index in [4.69, 9.17) is 0 Å². The van der Waals surface area contributed by atoms with E-state index < -0.39 is 0 Å². The minimum atomic E-state index is -0.0765. The molecule has 0 radical (unpaired) electrons. The van der Waals surface area contributed by atoms with Crippen molar-refractivity contribution >= 4 is 11.8 Å². The summed E-state index contributed by atoms with van der Waals surface area (Å²) in [6.45, 7) is 9.45. The molecule has 1 saturated heterocycles. The molecule has 3 N–H and O–H groups in total. The number of aromatic amines is 2. The molecule has 2 amide bonds. The fourth-order valence-electron chi connectivity index (χ4n) is 3.04. The van der Waals surface area contributed by atoms with Crippen LogP contribution >= 0.6 is 0 Å². The van der Waals surface area contributed by atoms with Gasteiger partial charge in [0.05, 0.1) is 18.4 Å². The number of hydrogen-bond donors (Lipinski definition) is 3. The monoisotopic (exact) mass is 358 g/mol. The number of nitrogens with zero attached hydrogens (tertiary/aromatic N) is 3. The Labute approximate surface area is 152 Å². The van der Waals surface area contributed by atoms with Crippen LogP contribution in [0.2, 0.25) is 0 Å². The van der Waals surface area contributed by atoms with Crippen LogP contribution in [0.25, 0.3) is 0 Å². The van der Waals surface area contributed by atoms with Gasteiger partial charge >= 0.3 is 0 Å². The molecule has 2 aromatic heterocycles. The summed E-state index contributed by atoms with van der Waals surface area (Å²) in [7, 11) is 0. The average Bonchev–Trinajstić information content (AvgIpc) is 3.30. The fourth-order valence-corrected chi connectivity index (χ4v) is 3.04. The molecule has 1 aliphatic rings. The molecule has 0 unspecified atom stereocenters. The number of likely N-dealkylation sites (tertiary alicyclic amines) is 1. The Morgan fingerprint density at radius 3 is 2.81 bits per heavy atom. The molecule has 26 heavy (non-hydrogen) atoms. The maximum absolute atomic E-state index is 12.7. The lowest BCUT2D eigenvalue weighted by molar-refractivity contribution is -0.119. The van der Waals surface area contributed by atoms with Crippen LogP contribution in [0.5, 0.6) is 0 Å². The van der Waals surface area contributed by atoms with Crippen molar-refractivity contribution in [1.82, 2.24) is 30.4 Å². The largest absolute Gasteiger partial charge is 0.351 e. The Morgan fingerprint density at radius 2 is 2.15 bits per heavy atom. The van der Waals surface area contributed by atoms with Gasteiger partial charge in [0.1, 0.15) is 11.5 Å². The molecular weight excluding hydrogens is 332 g/mol. The number of amides is 2. The standard InChI is InChI=1S/C18H26N6O2/c1-11(25)19-8-13-9-20-16(21-13)12-5-6-24(10-12)17(26)14-7-15(23-22-14)18(2,3)4/h7,9,12H,5-6,8,10H2,1-4H3,(H,19,25)(H,20,21)(H,22,23)/t12-/m1/s1. The molecule has 0 bridgehead atoms. The highest BCUT2D eigenvalue weighted by molar-refractivity contribution is 5.92. The van der Waals surface area contributed by atoms with E-state index in [1.807, 2.05) is 11.0 Å². The zero-order chi connectivity index (χ0) is 18.9. The van der Waals surface area contributed by atoms with Crippen molar-refractivity contribution < 1.29 is 9.59 Å². The van der Waals surface area contributed by atoms with Crippen LogP contribution in [0.3, 0.4) is 0 Å². The lowest BCUT2D eigenvalue weighted by Gasteiger charge is -2.15. The van der Waals surface area contributed by atoms with E-state index in [-0.39, 0.29) is 23.1 Å². The van der Waals surface area contributed by atoms with Crippen molar-refractivity contribution in [3.8, 4) is 0 Å². The second-order valence-electron chi connectivity index (χ2n) is 7.86. The number of nitrogens with one attached hydrogen (secondary N) is 3. The molecule has 3 heterocycles. The summed E-state index contributed by atoms with van der Waals surface area (Å²) in [6.07, 6.45) is 2.59. The van der Waals surface area contributed by atoms with Crippen LogP contribution in [-0.2, 0) is 16.8 Å². The maximum Gasteiger partial charge on any atom is 0.274 e. The van der Waals surface area contributed by atoms with E-state index in [0.717, 1.165) is 23.6 Å². The van der Waals surface area contributed by atoms with E-state index in [1.165, 1.54) is 6.92 Å². The van der Waals surface area contributed by atoms with Crippen molar-refractivity contribution in [1.29, 1.82) is 0 Å². The number of aromatic nitrogens is 4. The summed E-state index contributed by atoms with van der Waals surface area (Å²) in [5.41, 5.74) is 2.20.